The number of carbonyl (C=O) groups excluding carboxylic acids is 1. The molecule has 0 fully saturated rings. The van der Waals surface area contributed by atoms with Gasteiger partial charge in [0.15, 0.2) is 5.60 Å². The molecule has 2 aromatic carbocycles. The summed E-state index contributed by atoms with van der Waals surface area (Å²) in [5, 5.41) is 21.8. The van der Waals surface area contributed by atoms with E-state index in [4.69, 9.17) is 0 Å². The van der Waals surface area contributed by atoms with Crippen molar-refractivity contribution < 1.29 is 66.4 Å². The molecule has 0 bridgehead atoms. The van der Waals surface area contributed by atoms with Gasteiger partial charge in [0.05, 0.1) is 5.97 Å². The quantitative estimate of drug-likeness (QED) is 0.661. The van der Waals surface area contributed by atoms with Crippen LogP contribution in [0.25, 0.3) is 0 Å². The van der Waals surface area contributed by atoms with Crippen molar-refractivity contribution >= 4 is 5.97 Å². The topological polar surface area (TPSA) is 60.4 Å². The molecule has 0 aromatic heterocycles. The van der Waals surface area contributed by atoms with Crippen LogP contribution in [0.4, 0.5) is 0 Å². The molecule has 92 valence electrons. The van der Waals surface area contributed by atoms with Gasteiger partial charge in [0.25, 0.3) is 0 Å². The van der Waals surface area contributed by atoms with Crippen LogP contribution in [0.1, 0.15) is 16.7 Å². The molecular formula is C15H13KO3. The van der Waals surface area contributed by atoms with E-state index in [1.165, 1.54) is 0 Å². The summed E-state index contributed by atoms with van der Waals surface area (Å²) < 4.78 is 0. The number of hydrogen-bond acceptors (Lipinski definition) is 3. The molecule has 3 nitrogen and oxygen atoms in total. The first-order valence-corrected chi connectivity index (χ1v) is 5.61. The summed E-state index contributed by atoms with van der Waals surface area (Å²) in [5.74, 6) is -1.53. The molecule has 0 heterocycles. The maximum Gasteiger partial charge on any atom is 1.00 e. The molecule has 4 heteroatoms. The molecule has 0 saturated carbocycles. The van der Waals surface area contributed by atoms with Gasteiger partial charge >= 0.3 is 51.4 Å². The Bertz CT molecular complexity index is 551. The normalized spacial score (nSPS) is 13.2. The average Bonchev–Trinajstić information content (AvgIpc) is 2.39. The standard InChI is InChI=1S/C15H14O3.K/c1-11-7-9-13(10-8-11)15(18,14(16)17)12-5-3-2-4-6-12;/h2-10,18H,1H3,(H,16,17);/q;+1/p-1. The third-order valence-electron chi connectivity index (χ3n) is 2.96. The summed E-state index contributed by atoms with van der Waals surface area (Å²) in [4.78, 5) is 11.3. The van der Waals surface area contributed by atoms with Gasteiger partial charge in [-0.3, -0.25) is 0 Å². The Morgan fingerprint density at radius 3 is 1.95 bits per heavy atom. The Hall–Kier alpha value is -0.494. The van der Waals surface area contributed by atoms with E-state index in [0.717, 1.165) is 5.56 Å². The second-order valence-corrected chi connectivity index (χ2v) is 4.23. The largest absolute Gasteiger partial charge is 1.00 e. The van der Waals surface area contributed by atoms with E-state index in [1.807, 2.05) is 6.92 Å². The molecule has 0 aliphatic carbocycles. The zero-order valence-electron chi connectivity index (χ0n) is 11.0. The van der Waals surface area contributed by atoms with Crippen LogP contribution in [0, 0.1) is 6.92 Å². The molecule has 0 aliphatic heterocycles. The number of benzene rings is 2. The van der Waals surface area contributed by atoms with Crippen molar-refractivity contribution in [2.75, 3.05) is 0 Å². The predicted molar refractivity (Wildman–Crippen MR) is 65.6 cm³/mol. The van der Waals surface area contributed by atoms with Crippen LogP contribution in [0.5, 0.6) is 0 Å². The third-order valence-corrected chi connectivity index (χ3v) is 2.96. The van der Waals surface area contributed by atoms with Crippen molar-refractivity contribution in [1.82, 2.24) is 0 Å². The number of aryl methyl sites for hydroxylation is 1. The molecule has 1 atom stereocenters. The maximum atomic E-state index is 11.3. The minimum Gasteiger partial charge on any atom is -0.546 e. The predicted octanol–water partition coefficient (Wildman–Crippen LogP) is -2.02. The van der Waals surface area contributed by atoms with Crippen LogP contribution in [-0.2, 0) is 10.4 Å². The molecule has 0 amide bonds. The van der Waals surface area contributed by atoms with Crippen LogP contribution >= 0.6 is 0 Å². The van der Waals surface area contributed by atoms with E-state index in [0.29, 0.717) is 5.56 Å². The zero-order valence-corrected chi connectivity index (χ0v) is 14.1. The van der Waals surface area contributed by atoms with Crippen LogP contribution in [0.3, 0.4) is 0 Å². The fourth-order valence-corrected chi connectivity index (χ4v) is 1.88. The Morgan fingerprint density at radius 1 is 1.00 bits per heavy atom. The fourth-order valence-electron chi connectivity index (χ4n) is 1.88. The Kier molecular flexibility index (Phi) is 5.92. The Labute approximate surface area is 154 Å². The van der Waals surface area contributed by atoms with E-state index in [-0.39, 0.29) is 56.9 Å². The summed E-state index contributed by atoms with van der Waals surface area (Å²) in [6, 6.07) is 14.9. The SMILES string of the molecule is Cc1ccc(C(O)(C(=O)[O-])c2ccccc2)cc1.[K+]. The van der Waals surface area contributed by atoms with Crippen LogP contribution in [0.15, 0.2) is 54.6 Å². The van der Waals surface area contributed by atoms with E-state index < -0.39 is 11.6 Å². The van der Waals surface area contributed by atoms with Crippen molar-refractivity contribution in [1.29, 1.82) is 0 Å². The van der Waals surface area contributed by atoms with Gasteiger partial charge in [-0.25, -0.2) is 0 Å². The number of aliphatic carboxylic acids is 1. The zero-order chi connectivity index (χ0) is 13.2. The molecule has 1 unspecified atom stereocenters. The number of hydrogen-bond donors (Lipinski definition) is 1. The van der Waals surface area contributed by atoms with Crippen molar-refractivity contribution in [2.24, 2.45) is 0 Å². The number of carboxylic acids is 1. The van der Waals surface area contributed by atoms with E-state index in [1.54, 1.807) is 54.6 Å². The van der Waals surface area contributed by atoms with Gasteiger partial charge in [-0.15, -0.1) is 0 Å². The minimum atomic E-state index is -2.12. The Balaban J connectivity index is 0.00000180. The monoisotopic (exact) mass is 280 g/mol. The van der Waals surface area contributed by atoms with Crippen molar-refractivity contribution in [3.63, 3.8) is 0 Å². The molecule has 0 saturated heterocycles. The van der Waals surface area contributed by atoms with Gasteiger partial charge in [0, 0.05) is 0 Å². The van der Waals surface area contributed by atoms with Gasteiger partial charge in [0.2, 0.25) is 0 Å². The first-order valence-electron chi connectivity index (χ1n) is 5.61. The number of aliphatic hydroxyl groups is 1. The molecule has 0 radical (unpaired) electrons. The number of carboxylic acid groups (broad SMARTS) is 1. The van der Waals surface area contributed by atoms with Gasteiger partial charge < -0.3 is 15.0 Å². The number of rotatable bonds is 3. The molecule has 19 heavy (non-hydrogen) atoms. The summed E-state index contributed by atoms with van der Waals surface area (Å²) in [6.07, 6.45) is 0. The molecule has 1 N–H and O–H groups in total. The van der Waals surface area contributed by atoms with Gasteiger partial charge in [-0.1, -0.05) is 60.2 Å². The summed E-state index contributed by atoms with van der Waals surface area (Å²) in [5.41, 5.74) is -0.546. The van der Waals surface area contributed by atoms with Crippen molar-refractivity contribution in [3.8, 4) is 0 Å². The smallest absolute Gasteiger partial charge is 0.546 e. The van der Waals surface area contributed by atoms with Crippen molar-refractivity contribution in [2.45, 2.75) is 12.5 Å². The second-order valence-electron chi connectivity index (χ2n) is 4.23. The van der Waals surface area contributed by atoms with E-state index in [2.05, 4.69) is 0 Å². The van der Waals surface area contributed by atoms with Crippen LogP contribution in [0.2, 0.25) is 0 Å². The second kappa shape index (κ2) is 6.79. The molecule has 0 aliphatic rings. The molecule has 2 rings (SSSR count). The first kappa shape index (κ1) is 16.6. The minimum absolute atomic E-state index is 0. The summed E-state index contributed by atoms with van der Waals surface area (Å²) >= 11 is 0. The molecular weight excluding hydrogens is 267 g/mol. The van der Waals surface area contributed by atoms with E-state index >= 15 is 0 Å². The third kappa shape index (κ3) is 3.34. The summed E-state index contributed by atoms with van der Waals surface area (Å²) in [6.45, 7) is 1.89. The van der Waals surface area contributed by atoms with Gasteiger partial charge in [0.1, 0.15) is 0 Å². The molecule has 2 aromatic rings. The van der Waals surface area contributed by atoms with Crippen LogP contribution in [-0.4, -0.2) is 11.1 Å². The molecule has 0 spiro atoms. The Morgan fingerprint density at radius 2 is 1.47 bits per heavy atom. The van der Waals surface area contributed by atoms with Crippen molar-refractivity contribution in [3.05, 3.63) is 71.3 Å². The average molecular weight is 280 g/mol. The fraction of sp³-hybridized carbons (Fsp3) is 0.133. The van der Waals surface area contributed by atoms with Gasteiger partial charge in [-0.05, 0) is 18.1 Å². The van der Waals surface area contributed by atoms with Crippen LogP contribution < -0.4 is 56.5 Å². The summed E-state index contributed by atoms with van der Waals surface area (Å²) in [7, 11) is 0. The maximum absolute atomic E-state index is 11.3. The first-order chi connectivity index (χ1) is 8.55. The number of carbonyl (C=O) groups is 1. The van der Waals surface area contributed by atoms with Gasteiger partial charge in [-0.2, -0.15) is 0 Å². The van der Waals surface area contributed by atoms with E-state index in [9.17, 15) is 15.0 Å².